The van der Waals surface area contributed by atoms with Crippen molar-refractivity contribution in [2.75, 3.05) is 11.9 Å². The van der Waals surface area contributed by atoms with E-state index in [4.69, 9.17) is 11.6 Å². The van der Waals surface area contributed by atoms with Gasteiger partial charge in [0.05, 0.1) is 11.7 Å². The average molecular weight is 204 g/mol. The van der Waals surface area contributed by atoms with Crippen molar-refractivity contribution in [1.82, 2.24) is 8.75 Å². The summed E-state index contributed by atoms with van der Waals surface area (Å²) in [5.74, 6) is 1.69. The molecule has 1 aromatic rings. The lowest BCUT2D eigenvalue weighted by Gasteiger charge is -2.00. The highest BCUT2D eigenvalue weighted by Crippen LogP contribution is 2.32. The van der Waals surface area contributed by atoms with Crippen LogP contribution in [-0.2, 0) is 0 Å². The molecule has 1 aliphatic carbocycles. The molecule has 1 aromatic heterocycles. The van der Waals surface area contributed by atoms with Gasteiger partial charge < -0.3 is 5.32 Å². The van der Waals surface area contributed by atoms with E-state index < -0.39 is 0 Å². The van der Waals surface area contributed by atoms with E-state index in [1.54, 1.807) is 0 Å². The van der Waals surface area contributed by atoms with Crippen LogP contribution < -0.4 is 5.32 Å². The number of aromatic nitrogens is 2. The zero-order valence-electron chi connectivity index (χ0n) is 6.59. The van der Waals surface area contributed by atoms with Crippen LogP contribution in [0, 0.1) is 5.92 Å². The molecule has 1 aliphatic rings. The number of hydrogen-bond acceptors (Lipinski definition) is 4. The lowest BCUT2D eigenvalue weighted by molar-refractivity contribution is 0.759. The first-order valence-electron chi connectivity index (χ1n) is 4.08. The second-order valence-electron chi connectivity index (χ2n) is 3.06. The van der Waals surface area contributed by atoms with Gasteiger partial charge in [0.25, 0.3) is 0 Å². The molecular formula is C7H10ClN3S. The van der Waals surface area contributed by atoms with Crippen LogP contribution in [0.1, 0.15) is 19.3 Å². The van der Waals surface area contributed by atoms with Gasteiger partial charge in [-0.2, -0.15) is 8.75 Å². The molecule has 0 spiro atoms. The molecule has 3 nitrogen and oxygen atoms in total. The van der Waals surface area contributed by atoms with E-state index in [0.717, 1.165) is 30.0 Å². The Morgan fingerprint density at radius 1 is 1.50 bits per heavy atom. The third kappa shape index (κ3) is 2.08. The fourth-order valence-electron chi connectivity index (χ4n) is 1.08. The van der Waals surface area contributed by atoms with Crippen LogP contribution in [0.4, 0.5) is 5.82 Å². The first-order chi connectivity index (χ1) is 5.86. The molecule has 66 valence electrons. The molecule has 5 heteroatoms. The number of halogens is 1. The van der Waals surface area contributed by atoms with Crippen molar-refractivity contribution in [1.29, 1.82) is 0 Å². The number of nitrogens with one attached hydrogen (secondary N) is 1. The van der Waals surface area contributed by atoms with Crippen molar-refractivity contribution in [2.45, 2.75) is 19.3 Å². The molecule has 1 saturated carbocycles. The molecule has 0 amide bonds. The van der Waals surface area contributed by atoms with Crippen molar-refractivity contribution in [2.24, 2.45) is 5.92 Å². The van der Waals surface area contributed by atoms with Crippen LogP contribution in [0.15, 0.2) is 0 Å². The van der Waals surface area contributed by atoms with E-state index in [1.807, 2.05) is 0 Å². The van der Waals surface area contributed by atoms with Crippen molar-refractivity contribution in [3.63, 3.8) is 0 Å². The van der Waals surface area contributed by atoms with Gasteiger partial charge in [0.2, 0.25) is 0 Å². The lowest BCUT2D eigenvalue weighted by Crippen LogP contribution is -2.02. The Morgan fingerprint density at radius 2 is 2.33 bits per heavy atom. The average Bonchev–Trinajstić information content (AvgIpc) is 2.78. The van der Waals surface area contributed by atoms with Crippen LogP contribution in [0.2, 0.25) is 5.15 Å². The standard InChI is InChI=1S/C7H10ClN3S/c8-6-7(11-12-10-6)9-4-3-5-1-2-5/h5H,1-4H2,(H,9,11). The first-order valence-corrected chi connectivity index (χ1v) is 5.19. The molecule has 0 unspecified atom stereocenters. The zero-order chi connectivity index (χ0) is 8.39. The molecular weight excluding hydrogens is 194 g/mol. The smallest absolute Gasteiger partial charge is 0.186 e. The summed E-state index contributed by atoms with van der Waals surface area (Å²) in [6.45, 7) is 0.968. The first kappa shape index (κ1) is 8.26. The Kier molecular flexibility index (Phi) is 2.46. The Balaban J connectivity index is 1.75. The highest BCUT2D eigenvalue weighted by molar-refractivity contribution is 6.99. The minimum Gasteiger partial charge on any atom is -0.367 e. The Labute approximate surface area is 80.5 Å². The topological polar surface area (TPSA) is 37.8 Å². The van der Waals surface area contributed by atoms with Crippen molar-refractivity contribution in [3.05, 3.63) is 5.15 Å². The van der Waals surface area contributed by atoms with E-state index in [0.29, 0.717) is 5.15 Å². The molecule has 0 bridgehead atoms. The van der Waals surface area contributed by atoms with Gasteiger partial charge in [-0.05, 0) is 12.3 Å². The van der Waals surface area contributed by atoms with Crippen LogP contribution in [-0.4, -0.2) is 15.3 Å². The van der Waals surface area contributed by atoms with Crippen molar-refractivity contribution < 1.29 is 0 Å². The molecule has 1 N–H and O–H groups in total. The van der Waals surface area contributed by atoms with Gasteiger partial charge in [-0.15, -0.1) is 0 Å². The summed E-state index contributed by atoms with van der Waals surface area (Å²) in [4.78, 5) is 0. The van der Waals surface area contributed by atoms with Gasteiger partial charge in [-0.25, -0.2) is 0 Å². The second kappa shape index (κ2) is 3.58. The summed E-state index contributed by atoms with van der Waals surface area (Å²) in [6.07, 6.45) is 4.02. The number of nitrogens with zero attached hydrogens (tertiary/aromatic N) is 2. The number of rotatable bonds is 4. The molecule has 1 fully saturated rings. The summed E-state index contributed by atoms with van der Waals surface area (Å²) in [6, 6.07) is 0. The van der Waals surface area contributed by atoms with Crippen LogP contribution in [0.5, 0.6) is 0 Å². The maximum Gasteiger partial charge on any atom is 0.186 e. The van der Waals surface area contributed by atoms with Gasteiger partial charge in [0, 0.05) is 6.54 Å². The van der Waals surface area contributed by atoms with Gasteiger partial charge in [-0.1, -0.05) is 24.4 Å². The molecule has 0 atom stereocenters. The predicted octanol–water partition coefficient (Wildman–Crippen LogP) is 2.40. The van der Waals surface area contributed by atoms with Crippen molar-refractivity contribution >= 4 is 29.1 Å². The molecule has 2 rings (SSSR count). The van der Waals surface area contributed by atoms with E-state index in [2.05, 4.69) is 14.1 Å². The minimum atomic E-state index is 0.496. The van der Waals surface area contributed by atoms with Gasteiger partial charge in [0.15, 0.2) is 11.0 Å². The highest BCUT2D eigenvalue weighted by Gasteiger charge is 2.20. The van der Waals surface area contributed by atoms with Gasteiger partial charge >= 0.3 is 0 Å². The van der Waals surface area contributed by atoms with Crippen LogP contribution >= 0.6 is 23.3 Å². The van der Waals surface area contributed by atoms with Crippen LogP contribution in [0.25, 0.3) is 0 Å². The van der Waals surface area contributed by atoms with Crippen molar-refractivity contribution in [3.8, 4) is 0 Å². The molecule has 0 aromatic carbocycles. The largest absolute Gasteiger partial charge is 0.367 e. The van der Waals surface area contributed by atoms with E-state index in [-0.39, 0.29) is 0 Å². The summed E-state index contributed by atoms with van der Waals surface area (Å²) >= 11 is 6.89. The Morgan fingerprint density at radius 3 is 2.92 bits per heavy atom. The predicted molar refractivity (Wildman–Crippen MR) is 50.7 cm³/mol. The summed E-state index contributed by atoms with van der Waals surface area (Å²) in [7, 11) is 0. The molecule has 0 aliphatic heterocycles. The monoisotopic (exact) mass is 203 g/mol. The summed E-state index contributed by atoms with van der Waals surface area (Å²) in [5, 5.41) is 3.67. The molecule has 0 saturated heterocycles. The quantitative estimate of drug-likeness (QED) is 0.817. The van der Waals surface area contributed by atoms with E-state index in [1.165, 1.54) is 19.3 Å². The summed E-state index contributed by atoms with van der Waals surface area (Å²) < 4.78 is 7.88. The SMILES string of the molecule is Clc1nsnc1NCCC1CC1. The van der Waals surface area contributed by atoms with Gasteiger partial charge in [-0.3, -0.25) is 0 Å². The van der Waals surface area contributed by atoms with Crippen LogP contribution in [0.3, 0.4) is 0 Å². The Bertz CT molecular complexity index is 259. The Hall–Kier alpha value is -0.350. The van der Waals surface area contributed by atoms with E-state index >= 15 is 0 Å². The fourth-order valence-corrected chi connectivity index (χ4v) is 1.77. The second-order valence-corrected chi connectivity index (χ2v) is 3.95. The molecule has 12 heavy (non-hydrogen) atoms. The number of hydrogen-bond donors (Lipinski definition) is 1. The molecule has 1 heterocycles. The number of anilines is 1. The van der Waals surface area contributed by atoms with E-state index in [9.17, 15) is 0 Å². The fraction of sp³-hybridized carbons (Fsp3) is 0.714. The maximum atomic E-state index is 5.75. The third-order valence-electron chi connectivity index (χ3n) is 1.99. The van der Waals surface area contributed by atoms with Gasteiger partial charge in [0.1, 0.15) is 0 Å². The minimum absolute atomic E-state index is 0.496. The zero-order valence-corrected chi connectivity index (χ0v) is 8.16. The normalized spacial score (nSPS) is 16.4. The summed E-state index contributed by atoms with van der Waals surface area (Å²) in [5.41, 5.74) is 0. The highest BCUT2D eigenvalue weighted by atomic mass is 35.5. The third-order valence-corrected chi connectivity index (χ3v) is 2.88. The lowest BCUT2D eigenvalue weighted by atomic mass is 10.3. The maximum absolute atomic E-state index is 5.75. The molecule has 0 radical (unpaired) electrons.